The van der Waals surface area contributed by atoms with Gasteiger partial charge in [-0.3, -0.25) is 0 Å². The Bertz CT molecular complexity index is 315. The fourth-order valence-electron chi connectivity index (χ4n) is 2.11. The van der Waals surface area contributed by atoms with Gasteiger partial charge < -0.3 is 10.2 Å². The molecule has 0 radical (unpaired) electrons. The second kappa shape index (κ2) is 3.71. The molecule has 0 aromatic heterocycles. The molecule has 1 aromatic rings. The van der Waals surface area contributed by atoms with Crippen molar-refractivity contribution in [3.63, 3.8) is 0 Å². The summed E-state index contributed by atoms with van der Waals surface area (Å²) in [6, 6.07) is 4.04. The number of aliphatic hydroxyl groups is 2. The second-order valence-corrected chi connectivity index (χ2v) is 4.09. The molecule has 0 saturated heterocycles. The Labute approximate surface area is 84.2 Å². The van der Waals surface area contributed by atoms with Crippen LogP contribution in [0.2, 0.25) is 0 Å². The van der Waals surface area contributed by atoms with Crippen molar-refractivity contribution in [2.75, 3.05) is 0 Å². The topological polar surface area (TPSA) is 40.5 Å². The van der Waals surface area contributed by atoms with E-state index in [0.29, 0.717) is 5.92 Å². The summed E-state index contributed by atoms with van der Waals surface area (Å²) >= 11 is 0. The predicted octanol–water partition coefficient (Wildman–Crippen LogP) is 1.86. The molecule has 0 spiro atoms. The van der Waals surface area contributed by atoms with Gasteiger partial charge in [0.1, 0.15) is 0 Å². The molecule has 2 N–H and O–H groups in total. The Hall–Kier alpha value is -0.860. The van der Waals surface area contributed by atoms with Gasteiger partial charge in [-0.25, -0.2) is 0 Å². The first-order chi connectivity index (χ1) is 6.76. The molecule has 0 unspecified atom stereocenters. The predicted molar refractivity (Wildman–Crippen MR) is 55.0 cm³/mol. The maximum absolute atomic E-state index is 9.26. The highest BCUT2D eigenvalue weighted by atomic mass is 16.3. The van der Waals surface area contributed by atoms with Crippen molar-refractivity contribution >= 4 is 0 Å². The first kappa shape index (κ1) is 9.69. The van der Waals surface area contributed by atoms with Crippen LogP contribution in [0.25, 0.3) is 0 Å². The molecule has 0 heterocycles. The minimum atomic E-state index is 0.0838. The quantitative estimate of drug-likeness (QED) is 0.767. The molecule has 1 aromatic carbocycles. The van der Waals surface area contributed by atoms with E-state index in [0.717, 1.165) is 16.7 Å². The van der Waals surface area contributed by atoms with Crippen LogP contribution in [0.1, 0.15) is 41.0 Å². The summed E-state index contributed by atoms with van der Waals surface area (Å²) in [5.41, 5.74) is 4.30. The summed E-state index contributed by atoms with van der Waals surface area (Å²) < 4.78 is 0. The summed E-state index contributed by atoms with van der Waals surface area (Å²) in [7, 11) is 0. The standard InChI is InChI=1S/C12H16O2/c1-8-4-10(6-13)12(9-2-3-9)11(5-8)7-14/h4-5,9,13-14H,2-3,6-7H2,1H3. The lowest BCUT2D eigenvalue weighted by molar-refractivity contribution is 0.273. The highest BCUT2D eigenvalue weighted by Crippen LogP contribution is 2.43. The molecule has 14 heavy (non-hydrogen) atoms. The highest BCUT2D eigenvalue weighted by molar-refractivity contribution is 5.42. The van der Waals surface area contributed by atoms with Gasteiger partial charge in [-0.2, -0.15) is 0 Å². The van der Waals surface area contributed by atoms with Crippen LogP contribution in [0.3, 0.4) is 0 Å². The van der Waals surface area contributed by atoms with E-state index in [9.17, 15) is 10.2 Å². The molecule has 2 rings (SSSR count). The Kier molecular flexibility index (Phi) is 2.57. The summed E-state index contributed by atoms with van der Waals surface area (Å²) in [6.07, 6.45) is 2.39. The zero-order valence-corrected chi connectivity index (χ0v) is 8.45. The van der Waals surface area contributed by atoms with Crippen LogP contribution in [-0.4, -0.2) is 10.2 Å². The number of aryl methyl sites for hydroxylation is 1. The lowest BCUT2D eigenvalue weighted by Crippen LogP contribution is -2.00. The number of aliphatic hydroxyl groups excluding tert-OH is 2. The SMILES string of the molecule is Cc1cc(CO)c(C2CC2)c(CO)c1. The molecule has 0 bridgehead atoms. The van der Waals surface area contributed by atoms with Crippen LogP contribution in [-0.2, 0) is 13.2 Å². The molecular formula is C12H16O2. The van der Waals surface area contributed by atoms with Crippen molar-refractivity contribution in [3.05, 3.63) is 34.4 Å². The van der Waals surface area contributed by atoms with Gasteiger partial charge in [0.15, 0.2) is 0 Å². The normalized spacial score (nSPS) is 15.9. The van der Waals surface area contributed by atoms with Gasteiger partial charge in [0.05, 0.1) is 13.2 Å². The van der Waals surface area contributed by atoms with Crippen molar-refractivity contribution in [2.24, 2.45) is 0 Å². The zero-order chi connectivity index (χ0) is 10.1. The van der Waals surface area contributed by atoms with Crippen LogP contribution in [0.5, 0.6) is 0 Å². The monoisotopic (exact) mass is 192 g/mol. The first-order valence-electron chi connectivity index (χ1n) is 5.10. The minimum Gasteiger partial charge on any atom is -0.392 e. The maximum atomic E-state index is 9.26. The van der Waals surface area contributed by atoms with Gasteiger partial charge in [-0.15, -0.1) is 0 Å². The van der Waals surface area contributed by atoms with Crippen LogP contribution in [0.4, 0.5) is 0 Å². The molecular weight excluding hydrogens is 176 g/mol. The number of benzene rings is 1. The van der Waals surface area contributed by atoms with E-state index >= 15 is 0 Å². The Morgan fingerprint density at radius 1 is 1.14 bits per heavy atom. The molecule has 1 saturated carbocycles. The third-order valence-electron chi connectivity index (χ3n) is 2.82. The number of hydrogen-bond donors (Lipinski definition) is 2. The maximum Gasteiger partial charge on any atom is 0.0684 e. The van der Waals surface area contributed by atoms with E-state index < -0.39 is 0 Å². The molecule has 76 valence electrons. The molecule has 0 amide bonds. The fraction of sp³-hybridized carbons (Fsp3) is 0.500. The van der Waals surface area contributed by atoms with Gasteiger partial charge >= 0.3 is 0 Å². The van der Waals surface area contributed by atoms with E-state index in [1.54, 1.807) is 0 Å². The summed E-state index contributed by atoms with van der Waals surface area (Å²) in [4.78, 5) is 0. The Morgan fingerprint density at radius 2 is 1.64 bits per heavy atom. The van der Waals surface area contributed by atoms with Crippen molar-refractivity contribution in [1.29, 1.82) is 0 Å². The second-order valence-electron chi connectivity index (χ2n) is 4.09. The van der Waals surface area contributed by atoms with Crippen LogP contribution in [0, 0.1) is 6.92 Å². The Balaban J connectivity index is 2.50. The average molecular weight is 192 g/mol. The van der Waals surface area contributed by atoms with Crippen molar-refractivity contribution < 1.29 is 10.2 Å². The van der Waals surface area contributed by atoms with Gasteiger partial charge in [-0.1, -0.05) is 17.7 Å². The van der Waals surface area contributed by atoms with Crippen molar-refractivity contribution in [1.82, 2.24) is 0 Å². The van der Waals surface area contributed by atoms with Crippen LogP contribution < -0.4 is 0 Å². The van der Waals surface area contributed by atoms with Gasteiger partial charge in [0.25, 0.3) is 0 Å². The van der Waals surface area contributed by atoms with Crippen molar-refractivity contribution in [3.8, 4) is 0 Å². The van der Waals surface area contributed by atoms with Gasteiger partial charge in [0.2, 0.25) is 0 Å². The van der Waals surface area contributed by atoms with E-state index in [2.05, 4.69) is 0 Å². The largest absolute Gasteiger partial charge is 0.392 e. The summed E-state index contributed by atoms with van der Waals surface area (Å²) in [5, 5.41) is 18.5. The molecule has 0 aliphatic heterocycles. The first-order valence-corrected chi connectivity index (χ1v) is 5.10. The lowest BCUT2D eigenvalue weighted by Gasteiger charge is -2.12. The number of hydrogen-bond acceptors (Lipinski definition) is 2. The van der Waals surface area contributed by atoms with E-state index in [4.69, 9.17) is 0 Å². The molecule has 2 heteroatoms. The van der Waals surface area contributed by atoms with E-state index in [-0.39, 0.29) is 13.2 Å². The Morgan fingerprint density at radius 3 is 2.00 bits per heavy atom. The van der Waals surface area contributed by atoms with E-state index in [1.807, 2.05) is 19.1 Å². The van der Waals surface area contributed by atoms with Gasteiger partial charge in [-0.05, 0) is 42.4 Å². The third kappa shape index (κ3) is 1.68. The van der Waals surface area contributed by atoms with Crippen LogP contribution >= 0.6 is 0 Å². The van der Waals surface area contributed by atoms with E-state index in [1.165, 1.54) is 18.4 Å². The van der Waals surface area contributed by atoms with Gasteiger partial charge in [0, 0.05) is 0 Å². The molecule has 1 aliphatic rings. The molecule has 0 atom stereocenters. The average Bonchev–Trinajstić information content (AvgIpc) is 2.99. The molecule has 2 nitrogen and oxygen atoms in total. The minimum absolute atomic E-state index is 0.0838. The zero-order valence-electron chi connectivity index (χ0n) is 8.45. The molecule has 1 fully saturated rings. The summed E-state index contributed by atoms with van der Waals surface area (Å²) in [5.74, 6) is 0.583. The third-order valence-corrected chi connectivity index (χ3v) is 2.82. The lowest BCUT2D eigenvalue weighted by atomic mass is 9.95. The molecule has 1 aliphatic carbocycles. The highest BCUT2D eigenvalue weighted by Gasteiger charge is 2.28. The van der Waals surface area contributed by atoms with Crippen molar-refractivity contribution in [2.45, 2.75) is 38.9 Å². The fourth-order valence-corrected chi connectivity index (χ4v) is 2.11. The summed E-state index contributed by atoms with van der Waals surface area (Å²) in [6.45, 7) is 2.16. The number of rotatable bonds is 3. The smallest absolute Gasteiger partial charge is 0.0684 e. The van der Waals surface area contributed by atoms with Crippen LogP contribution in [0.15, 0.2) is 12.1 Å².